The van der Waals surface area contributed by atoms with Crippen molar-refractivity contribution >= 4 is 34.9 Å². The first-order valence-electron chi connectivity index (χ1n) is 7.30. The monoisotopic (exact) mass is 441 g/mol. The average molecular weight is 442 g/mol. The van der Waals surface area contributed by atoms with Gasteiger partial charge in [0.1, 0.15) is 17.9 Å². The Morgan fingerprint density at radius 2 is 1.89 bits per heavy atom. The molecule has 12 heteroatoms. The number of esters is 1. The molecule has 0 spiro atoms. The summed E-state index contributed by atoms with van der Waals surface area (Å²) in [5.41, 5.74) is -2.46. The van der Waals surface area contributed by atoms with Crippen LogP contribution in [0.25, 0.3) is 0 Å². The van der Waals surface area contributed by atoms with E-state index in [1.165, 1.54) is 0 Å². The van der Waals surface area contributed by atoms with Gasteiger partial charge in [0.2, 0.25) is 0 Å². The van der Waals surface area contributed by atoms with Crippen molar-refractivity contribution in [2.45, 2.75) is 6.18 Å². The van der Waals surface area contributed by atoms with E-state index >= 15 is 0 Å². The second kappa shape index (κ2) is 8.61. The van der Waals surface area contributed by atoms with E-state index in [1.54, 1.807) is 0 Å². The molecule has 0 aliphatic heterocycles. The van der Waals surface area contributed by atoms with E-state index in [4.69, 9.17) is 32.7 Å². The number of benzene rings is 2. The molecule has 28 heavy (non-hydrogen) atoms. The number of nitro benzene ring substituents is 1. The van der Waals surface area contributed by atoms with Crippen LogP contribution >= 0.6 is 23.2 Å². The van der Waals surface area contributed by atoms with E-state index in [2.05, 4.69) is 0 Å². The lowest BCUT2D eigenvalue weighted by atomic mass is 10.1. The summed E-state index contributed by atoms with van der Waals surface area (Å²) in [6, 6.07) is 3.43. The van der Waals surface area contributed by atoms with Gasteiger partial charge in [0, 0.05) is 12.1 Å². The zero-order valence-electron chi connectivity index (χ0n) is 13.6. The highest BCUT2D eigenvalue weighted by molar-refractivity contribution is 6.32. The third kappa shape index (κ3) is 5.02. The molecule has 2 aromatic rings. The van der Waals surface area contributed by atoms with Crippen LogP contribution in [0.5, 0.6) is 11.5 Å². The van der Waals surface area contributed by atoms with E-state index in [1.807, 2.05) is 0 Å². The molecule has 0 bridgehead atoms. The molecule has 0 aliphatic rings. The van der Waals surface area contributed by atoms with Crippen LogP contribution in [0, 0.1) is 15.9 Å². The summed E-state index contributed by atoms with van der Waals surface area (Å²) in [6.07, 6.45) is -4.82. The van der Waals surface area contributed by atoms with Crippen molar-refractivity contribution in [1.82, 2.24) is 0 Å². The summed E-state index contributed by atoms with van der Waals surface area (Å²) >= 11 is 11.0. The molecular formula is C16H9Cl2F4NO5. The summed E-state index contributed by atoms with van der Waals surface area (Å²) in [5.74, 6) is -3.59. The van der Waals surface area contributed by atoms with E-state index in [-0.39, 0.29) is 24.3 Å². The standard InChI is InChI=1S/C16H9Cl2F4NO5/c17-3-4-27-15(24)10-7-9(1-2-13(10)23(25)26)28-14-11(18)5-8(6-12(14)19)16(20,21)22/h1-2,5-7H,3-4H2. The molecule has 0 unspecified atom stereocenters. The smallest absolute Gasteiger partial charge is 0.416 e. The number of halogens is 6. The maximum absolute atomic E-state index is 14.0. The number of alkyl halides is 4. The minimum Gasteiger partial charge on any atom is -0.461 e. The lowest BCUT2D eigenvalue weighted by Gasteiger charge is -2.13. The van der Waals surface area contributed by atoms with Gasteiger partial charge in [-0.05, 0) is 18.2 Å². The van der Waals surface area contributed by atoms with E-state index in [0.29, 0.717) is 6.07 Å². The van der Waals surface area contributed by atoms with Gasteiger partial charge in [0.05, 0.1) is 21.4 Å². The van der Waals surface area contributed by atoms with Crippen LogP contribution in [0.1, 0.15) is 15.9 Å². The quantitative estimate of drug-likeness (QED) is 0.192. The highest BCUT2D eigenvalue weighted by Gasteiger charge is 2.33. The van der Waals surface area contributed by atoms with Gasteiger partial charge in [-0.1, -0.05) is 11.6 Å². The highest BCUT2D eigenvalue weighted by Crippen LogP contribution is 2.39. The summed E-state index contributed by atoms with van der Waals surface area (Å²) in [5, 5.41) is 10.4. The van der Waals surface area contributed by atoms with Gasteiger partial charge in [-0.2, -0.15) is 13.2 Å². The zero-order valence-corrected chi connectivity index (χ0v) is 15.1. The van der Waals surface area contributed by atoms with Gasteiger partial charge in [0.15, 0.2) is 11.6 Å². The predicted molar refractivity (Wildman–Crippen MR) is 90.6 cm³/mol. The Morgan fingerprint density at radius 1 is 1.21 bits per heavy atom. The van der Waals surface area contributed by atoms with Crippen molar-refractivity contribution in [1.29, 1.82) is 0 Å². The van der Waals surface area contributed by atoms with Gasteiger partial charge in [-0.3, -0.25) is 10.1 Å². The molecule has 2 rings (SSSR count). The Hall–Kier alpha value is -2.59. The van der Waals surface area contributed by atoms with Crippen molar-refractivity contribution in [2.75, 3.05) is 12.5 Å². The molecule has 0 radical (unpaired) electrons. The van der Waals surface area contributed by atoms with Crippen LogP contribution < -0.4 is 4.74 Å². The summed E-state index contributed by atoms with van der Waals surface area (Å²) < 4.78 is 61.9. The Bertz CT molecular complexity index is 897. The maximum atomic E-state index is 14.0. The predicted octanol–water partition coefficient (Wildman–Crippen LogP) is 5.59. The third-order valence-corrected chi connectivity index (χ3v) is 3.68. The first-order chi connectivity index (χ1) is 13.0. The molecule has 0 saturated carbocycles. The number of hydrogen-bond acceptors (Lipinski definition) is 5. The molecular weight excluding hydrogens is 433 g/mol. The summed E-state index contributed by atoms with van der Waals surface area (Å²) in [7, 11) is 0. The normalized spacial score (nSPS) is 11.2. The largest absolute Gasteiger partial charge is 0.461 e. The van der Waals surface area contributed by atoms with Crippen molar-refractivity contribution in [3.05, 3.63) is 62.4 Å². The lowest BCUT2D eigenvalue weighted by Crippen LogP contribution is -2.10. The van der Waals surface area contributed by atoms with Crippen LogP contribution in [-0.4, -0.2) is 23.4 Å². The molecule has 0 aliphatic carbocycles. The van der Waals surface area contributed by atoms with Crippen molar-refractivity contribution in [3.8, 4) is 11.5 Å². The van der Waals surface area contributed by atoms with E-state index in [0.717, 1.165) is 18.2 Å². The zero-order chi connectivity index (χ0) is 21.1. The van der Waals surface area contributed by atoms with Gasteiger partial charge in [-0.25, -0.2) is 9.18 Å². The van der Waals surface area contributed by atoms with Crippen LogP contribution in [0.4, 0.5) is 23.2 Å². The van der Waals surface area contributed by atoms with Crippen LogP contribution in [-0.2, 0) is 10.9 Å². The minimum atomic E-state index is -4.82. The van der Waals surface area contributed by atoms with Crippen LogP contribution in [0.15, 0.2) is 30.3 Å². The van der Waals surface area contributed by atoms with Gasteiger partial charge in [0.25, 0.3) is 5.69 Å². The molecule has 150 valence electrons. The van der Waals surface area contributed by atoms with E-state index in [9.17, 15) is 32.5 Å². The molecule has 0 fully saturated rings. The van der Waals surface area contributed by atoms with Crippen LogP contribution in [0.2, 0.25) is 5.02 Å². The average Bonchev–Trinajstić information content (AvgIpc) is 2.61. The molecule has 0 N–H and O–H groups in total. The minimum absolute atomic E-state index is 0.0535. The van der Waals surface area contributed by atoms with Crippen molar-refractivity contribution < 1.29 is 36.8 Å². The second-order valence-electron chi connectivity index (χ2n) is 5.13. The number of rotatable bonds is 6. The van der Waals surface area contributed by atoms with Gasteiger partial charge >= 0.3 is 12.1 Å². The first-order valence-corrected chi connectivity index (χ1v) is 8.21. The molecule has 0 aromatic heterocycles. The third-order valence-electron chi connectivity index (χ3n) is 3.24. The highest BCUT2D eigenvalue weighted by atomic mass is 35.5. The molecule has 6 nitrogen and oxygen atoms in total. The summed E-state index contributed by atoms with van der Waals surface area (Å²) in [4.78, 5) is 22.2. The number of nitrogens with zero attached hydrogens (tertiary/aromatic N) is 1. The number of ether oxygens (including phenoxy) is 2. The SMILES string of the molecule is O=C(OCCCl)c1cc(Oc2c(F)cc(C(F)(F)F)cc2Cl)ccc1[N+](=O)[O-]. The molecule has 0 amide bonds. The van der Waals surface area contributed by atoms with Crippen LogP contribution in [0.3, 0.4) is 0 Å². The molecule has 0 heterocycles. The Morgan fingerprint density at radius 3 is 2.43 bits per heavy atom. The van der Waals surface area contributed by atoms with Gasteiger partial charge in [-0.15, -0.1) is 11.6 Å². The Balaban J connectivity index is 2.42. The molecule has 2 aromatic carbocycles. The number of hydrogen-bond donors (Lipinski definition) is 0. The fourth-order valence-electron chi connectivity index (χ4n) is 2.05. The van der Waals surface area contributed by atoms with Gasteiger partial charge < -0.3 is 9.47 Å². The maximum Gasteiger partial charge on any atom is 0.416 e. The number of carbonyl (C=O) groups excluding carboxylic acids is 1. The number of carbonyl (C=O) groups is 1. The fourth-order valence-corrected chi connectivity index (χ4v) is 2.37. The topological polar surface area (TPSA) is 78.7 Å². The Kier molecular flexibility index (Phi) is 6.68. The Labute approximate surface area is 164 Å². The first kappa shape index (κ1) is 21.7. The fraction of sp³-hybridized carbons (Fsp3) is 0.188. The second-order valence-corrected chi connectivity index (χ2v) is 5.91. The van der Waals surface area contributed by atoms with Crippen molar-refractivity contribution in [2.24, 2.45) is 0 Å². The number of nitro groups is 1. The lowest BCUT2D eigenvalue weighted by molar-refractivity contribution is -0.385. The van der Waals surface area contributed by atoms with E-state index < -0.39 is 50.5 Å². The van der Waals surface area contributed by atoms with Crippen molar-refractivity contribution in [3.63, 3.8) is 0 Å². The molecule has 0 saturated heterocycles. The summed E-state index contributed by atoms with van der Waals surface area (Å²) in [6.45, 7) is -0.220. The molecule has 0 atom stereocenters.